The lowest BCUT2D eigenvalue weighted by Gasteiger charge is -2.22. The summed E-state index contributed by atoms with van der Waals surface area (Å²) in [6.07, 6.45) is 0. The Hall–Kier alpha value is -4.33. The maximum atomic E-state index is 4.50. The Morgan fingerprint density at radius 2 is 0.750 bits per heavy atom. The van der Waals surface area contributed by atoms with Crippen LogP contribution in [0.2, 0.25) is 0 Å². The van der Waals surface area contributed by atoms with Gasteiger partial charge in [-0.05, 0) is 91.0 Å². The van der Waals surface area contributed by atoms with E-state index in [4.69, 9.17) is 0 Å². The van der Waals surface area contributed by atoms with Gasteiger partial charge in [0.2, 0.25) is 0 Å². The standard InChI is InChI=1S/C39H30S/c1-39(2)37-24-32(29-13-11-27(12-14-29)26-7-4-3-5-8-26)19-21-35(37)36-22-20-33(25-38(36)39)30-17-15-28(16-18-30)31-9-6-10-34(40)23-31/h3-25,40H,1-2H3. The highest BCUT2D eigenvalue weighted by Crippen LogP contribution is 2.50. The maximum Gasteiger partial charge on any atom is 0.0159 e. The van der Waals surface area contributed by atoms with Gasteiger partial charge in [-0.15, -0.1) is 12.6 Å². The summed E-state index contributed by atoms with van der Waals surface area (Å²) in [6.45, 7) is 4.72. The number of rotatable bonds is 4. The van der Waals surface area contributed by atoms with Gasteiger partial charge in [0.25, 0.3) is 0 Å². The zero-order valence-corrected chi connectivity index (χ0v) is 23.6. The zero-order chi connectivity index (χ0) is 27.3. The fourth-order valence-electron chi connectivity index (χ4n) is 6.12. The topological polar surface area (TPSA) is 0 Å². The molecule has 0 N–H and O–H groups in total. The summed E-state index contributed by atoms with van der Waals surface area (Å²) < 4.78 is 0. The predicted molar refractivity (Wildman–Crippen MR) is 173 cm³/mol. The van der Waals surface area contributed by atoms with Gasteiger partial charge in [0.15, 0.2) is 0 Å². The Morgan fingerprint density at radius 3 is 1.23 bits per heavy atom. The van der Waals surface area contributed by atoms with Crippen LogP contribution in [0.5, 0.6) is 0 Å². The Morgan fingerprint density at radius 1 is 0.375 bits per heavy atom. The molecule has 0 spiro atoms. The molecule has 7 rings (SSSR count). The molecule has 0 nitrogen and oxygen atoms in total. The van der Waals surface area contributed by atoms with Gasteiger partial charge in [-0.1, -0.05) is 129 Å². The molecule has 1 aliphatic rings. The van der Waals surface area contributed by atoms with Gasteiger partial charge < -0.3 is 0 Å². The number of benzene rings is 6. The minimum absolute atomic E-state index is 0.0758. The third-order valence-electron chi connectivity index (χ3n) is 8.40. The highest BCUT2D eigenvalue weighted by atomic mass is 32.1. The van der Waals surface area contributed by atoms with Crippen LogP contribution >= 0.6 is 12.6 Å². The first kappa shape index (κ1) is 24.7. The average Bonchev–Trinajstić information content (AvgIpc) is 3.23. The lowest BCUT2D eigenvalue weighted by molar-refractivity contribution is 0.661. The van der Waals surface area contributed by atoms with Gasteiger partial charge in [-0.3, -0.25) is 0 Å². The molecule has 0 aromatic heterocycles. The van der Waals surface area contributed by atoms with Crippen molar-refractivity contribution in [2.45, 2.75) is 24.2 Å². The summed E-state index contributed by atoms with van der Waals surface area (Å²) in [5.74, 6) is 0. The molecule has 0 fully saturated rings. The van der Waals surface area contributed by atoms with E-state index in [0.29, 0.717) is 0 Å². The molecule has 1 aliphatic carbocycles. The van der Waals surface area contributed by atoms with Gasteiger partial charge >= 0.3 is 0 Å². The van der Waals surface area contributed by atoms with Gasteiger partial charge in [-0.25, -0.2) is 0 Å². The largest absolute Gasteiger partial charge is 0.143 e. The molecule has 0 bridgehead atoms. The molecule has 0 amide bonds. The third-order valence-corrected chi connectivity index (χ3v) is 8.68. The van der Waals surface area contributed by atoms with Crippen molar-refractivity contribution < 1.29 is 0 Å². The summed E-state index contributed by atoms with van der Waals surface area (Å²) >= 11 is 4.50. The van der Waals surface area contributed by atoms with Crippen molar-refractivity contribution in [3.8, 4) is 55.6 Å². The molecule has 0 unspecified atom stereocenters. The monoisotopic (exact) mass is 530 g/mol. The van der Waals surface area contributed by atoms with Gasteiger partial charge in [0.05, 0.1) is 0 Å². The number of hydrogen-bond donors (Lipinski definition) is 1. The summed E-state index contributed by atoms with van der Waals surface area (Å²) in [7, 11) is 0. The fourth-order valence-corrected chi connectivity index (χ4v) is 6.35. The van der Waals surface area contributed by atoms with Crippen molar-refractivity contribution in [1.82, 2.24) is 0 Å². The van der Waals surface area contributed by atoms with E-state index in [-0.39, 0.29) is 5.41 Å². The van der Waals surface area contributed by atoms with Crippen molar-refractivity contribution in [2.24, 2.45) is 0 Å². The van der Waals surface area contributed by atoms with Gasteiger partial charge in [-0.2, -0.15) is 0 Å². The molecule has 0 heterocycles. The second-order valence-electron chi connectivity index (χ2n) is 11.2. The first-order valence-electron chi connectivity index (χ1n) is 13.8. The van der Waals surface area contributed by atoms with E-state index < -0.39 is 0 Å². The minimum Gasteiger partial charge on any atom is -0.143 e. The summed E-state index contributed by atoms with van der Waals surface area (Å²) in [4.78, 5) is 0.981. The highest BCUT2D eigenvalue weighted by Gasteiger charge is 2.35. The van der Waals surface area contributed by atoms with E-state index in [9.17, 15) is 0 Å². The molecule has 0 atom stereocenters. The lowest BCUT2D eigenvalue weighted by Crippen LogP contribution is -2.15. The van der Waals surface area contributed by atoms with E-state index in [1.165, 1.54) is 66.8 Å². The molecular weight excluding hydrogens is 500 g/mol. The van der Waals surface area contributed by atoms with Crippen LogP contribution in [0.1, 0.15) is 25.0 Å². The number of hydrogen-bond acceptors (Lipinski definition) is 1. The molecule has 1 heteroatoms. The summed E-state index contributed by atoms with van der Waals surface area (Å²) in [6, 6.07) is 50.6. The summed E-state index contributed by atoms with van der Waals surface area (Å²) in [5, 5.41) is 0. The van der Waals surface area contributed by atoms with Crippen molar-refractivity contribution >= 4 is 12.6 Å². The quantitative estimate of drug-likeness (QED) is 0.215. The highest BCUT2D eigenvalue weighted by molar-refractivity contribution is 7.80. The lowest BCUT2D eigenvalue weighted by atomic mass is 9.80. The van der Waals surface area contributed by atoms with Gasteiger partial charge in [0.1, 0.15) is 0 Å². The van der Waals surface area contributed by atoms with Crippen LogP contribution in [0, 0.1) is 0 Å². The molecule has 6 aromatic carbocycles. The van der Waals surface area contributed by atoms with Crippen LogP contribution in [0.15, 0.2) is 144 Å². The zero-order valence-electron chi connectivity index (χ0n) is 22.7. The van der Waals surface area contributed by atoms with Crippen molar-refractivity contribution in [2.75, 3.05) is 0 Å². The van der Waals surface area contributed by atoms with E-state index in [2.05, 4.69) is 160 Å². The van der Waals surface area contributed by atoms with E-state index in [0.717, 1.165) is 4.90 Å². The molecule has 6 aromatic rings. The Kier molecular flexibility index (Phi) is 5.99. The molecule has 0 saturated carbocycles. The minimum atomic E-state index is -0.0758. The second-order valence-corrected chi connectivity index (χ2v) is 11.7. The Balaban J connectivity index is 1.20. The third kappa shape index (κ3) is 4.28. The second kappa shape index (κ2) is 9.70. The normalized spacial score (nSPS) is 13.1. The molecular formula is C39H30S. The molecule has 0 radical (unpaired) electrons. The van der Waals surface area contributed by atoms with Crippen LogP contribution in [-0.4, -0.2) is 0 Å². The summed E-state index contributed by atoms with van der Waals surface area (Å²) in [5.41, 5.74) is 15.3. The number of thiol groups is 1. The Labute approximate surface area is 242 Å². The van der Waals surface area contributed by atoms with E-state index >= 15 is 0 Å². The fraction of sp³-hybridized carbons (Fsp3) is 0.0769. The predicted octanol–water partition coefficient (Wildman–Crippen LogP) is 10.9. The SMILES string of the molecule is CC1(C)c2cc(-c3ccc(-c4ccccc4)cc3)ccc2-c2ccc(-c3ccc(-c4cccc(S)c4)cc3)cc21. The molecule has 0 saturated heterocycles. The van der Waals surface area contributed by atoms with Crippen molar-refractivity contribution in [1.29, 1.82) is 0 Å². The van der Waals surface area contributed by atoms with Crippen LogP contribution < -0.4 is 0 Å². The van der Waals surface area contributed by atoms with Crippen molar-refractivity contribution in [3.63, 3.8) is 0 Å². The number of fused-ring (bicyclic) bond motifs is 3. The van der Waals surface area contributed by atoms with Crippen LogP contribution in [-0.2, 0) is 5.41 Å². The van der Waals surface area contributed by atoms with Crippen LogP contribution in [0.3, 0.4) is 0 Å². The van der Waals surface area contributed by atoms with Crippen LogP contribution in [0.4, 0.5) is 0 Å². The average molecular weight is 531 g/mol. The first-order chi connectivity index (χ1) is 19.5. The van der Waals surface area contributed by atoms with Gasteiger partial charge in [0, 0.05) is 10.3 Å². The maximum absolute atomic E-state index is 4.50. The van der Waals surface area contributed by atoms with E-state index in [1.807, 2.05) is 6.07 Å². The van der Waals surface area contributed by atoms with Crippen molar-refractivity contribution in [3.05, 3.63) is 151 Å². The molecule has 0 aliphatic heterocycles. The van der Waals surface area contributed by atoms with Crippen LogP contribution in [0.25, 0.3) is 55.6 Å². The smallest absolute Gasteiger partial charge is 0.0159 e. The molecule has 40 heavy (non-hydrogen) atoms. The van der Waals surface area contributed by atoms with E-state index in [1.54, 1.807) is 0 Å². The first-order valence-corrected chi connectivity index (χ1v) is 14.3. The Bertz CT molecular complexity index is 1840. The molecule has 192 valence electrons.